The summed E-state index contributed by atoms with van der Waals surface area (Å²) in [6, 6.07) is 5.05. The molecular weight excluding hydrogens is 342 g/mol. The first-order valence-corrected chi connectivity index (χ1v) is 8.49. The van der Waals surface area contributed by atoms with Gasteiger partial charge in [0, 0.05) is 48.1 Å². The largest absolute Gasteiger partial charge is 0.452 e. The maximum absolute atomic E-state index is 12.8. The number of pyridine rings is 1. The quantitative estimate of drug-likeness (QED) is 0.696. The summed E-state index contributed by atoms with van der Waals surface area (Å²) in [6.07, 6.45) is 3.61. The topological polar surface area (TPSA) is 55.6 Å². The molecule has 0 N–H and O–H groups in total. The Morgan fingerprint density at radius 1 is 1.31 bits per heavy atom. The van der Waals surface area contributed by atoms with Crippen LogP contribution in [0.15, 0.2) is 35.0 Å². The van der Waals surface area contributed by atoms with Crippen LogP contribution < -0.4 is 4.74 Å². The minimum absolute atomic E-state index is 0.0139. The number of ether oxygens (including phenoxy) is 1. The van der Waals surface area contributed by atoms with E-state index >= 15 is 0 Å². The predicted molar refractivity (Wildman–Crippen MR) is 92.4 cm³/mol. The number of halogens is 2. The zero-order valence-electron chi connectivity index (χ0n) is 14.4. The summed E-state index contributed by atoms with van der Waals surface area (Å²) >= 11 is 0. The van der Waals surface area contributed by atoms with Crippen LogP contribution in [0.2, 0.25) is 0 Å². The third kappa shape index (κ3) is 2.67. The van der Waals surface area contributed by atoms with Gasteiger partial charge in [0.2, 0.25) is 5.91 Å². The van der Waals surface area contributed by atoms with Gasteiger partial charge < -0.3 is 14.1 Å². The minimum Gasteiger partial charge on any atom is -0.452 e. The number of nitrogens with zero attached hydrogens (tertiary/aromatic N) is 2. The van der Waals surface area contributed by atoms with E-state index in [4.69, 9.17) is 4.42 Å². The molecule has 136 valence electrons. The first-order valence-electron chi connectivity index (χ1n) is 8.49. The van der Waals surface area contributed by atoms with Crippen LogP contribution in [-0.4, -0.2) is 35.0 Å². The first-order chi connectivity index (χ1) is 12.5. The minimum atomic E-state index is -2.94. The van der Waals surface area contributed by atoms with Crippen LogP contribution in [-0.2, 0) is 4.79 Å². The molecule has 2 aromatic heterocycles. The number of fused-ring (bicyclic) bond motifs is 3. The lowest BCUT2D eigenvalue weighted by molar-refractivity contribution is -0.129. The molecular formula is C19H18F2N2O3. The monoisotopic (exact) mass is 360 g/mol. The number of rotatable bonds is 4. The maximum Gasteiger partial charge on any atom is 0.387 e. The van der Waals surface area contributed by atoms with Gasteiger partial charge in [0.25, 0.3) is 0 Å². The molecule has 5 nitrogen and oxygen atoms in total. The number of carbonyl (C=O) groups excluding carboxylic acids is 1. The highest BCUT2D eigenvalue weighted by Crippen LogP contribution is 2.42. The Morgan fingerprint density at radius 2 is 2.12 bits per heavy atom. The van der Waals surface area contributed by atoms with E-state index in [-0.39, 0.29) is 29.2 Å². The second-order valence-corrected chi connectivity index (χ2v) is 6.75. The maximum atomic E-state index is 12.8. The molecule has 26 heavy (non-hydrogen) atoms. The van der Waals surface area contributed by atoms with Crippen molar-refractivity contribution in [3.63, 3.8) is 0 Å². The van der Waals surface area contributed by atoms with Crippen LogP contribution in [0.1, 0.15) is 31.7 Å². The fourth-order valence-corrected chi connectivity index (χ4v) is 3.69. The molecule has 1 aliphatic heterocycles. The highest BCUT2D eigenvalue weighted by molar-refractivity contribution is 6.08. The molecule has 0 bridgehead atoms. The van der Waals surface area contributed by atoms with Crippen LogP contribution in [0.5, 0.6) is 5.75 Å². The molecule has 4 rings (SSSR count). The Balaban J connectivity index is 1.89. The third-order valence-electron chi connectivity index (χ3n) is 4.85. The molecule has 0 spiro atoms. The normalized spacial score (nSPS) is 18.0. The molecule has 3 heterocycles. The van der Waals surface area contributed by atoms with E-state index in [2.05, 4.69) is 9.72 Å². The summed E-state index contributed by atoms with van der Waals surface area (Å²) in [6.45, 7) is 1.60. The highest BCUT2D eigenvalue weighted by atomic mass is 19.3. The lowest BCUT2D eigenvalue weighted by Crippen LogP contribution is -2.31. The van der Waals surface area contributed by atoms with Crippen molar-refractivity contribution in [2.75, 3.05) is 6.54 Å². The van der Waals surface area contributed by atoms with Gasteiger partial charge in [-0.25, -0.2) is 0 Å². The van der Waals surface area contributed by atoms with Crippen molar-refractivity contribution in [3.8, 4) is 5.75 Å². The van der Waals surface area contributed by atoms with E-state index in [0.29, 0.717) is 23.9 Å². The SMILES string of the molecule is CC(C)N1CC(c2ccc(OC(F)F)c3oc4ccncc4c23)CC1=O. The number of carbonyl (C=O) groups is 1. The molecule has 0 saturated carbocycles. The van der Waals surface area contributed by atoms with Crippen LogP contribution in [0, 0.1) is 0 Å². The van der Waals surface area contributed by atoms with E-state index in [9.17, 15) is 13.6 Å². The fraction of sp³-hybridized carbons (Fsp3) is 0.368. The van der Waals surface area contributed by atoms with Crippen molar-refractivity contribution in [1.82, 2.24) is 9.88 Å². The number of amides is 1. The van der Waals surface area contributed by atoms with Gasteiger partial charge in [-0.3, -0.25) is 9.78 Å². The molecule has 7 heteroatoms. The van der Waals surface area contributed by atoms with E-state index in [1.807, 2.05) is 18.7 Å². The van der Waals surface area contributed by atoms with E-state index in [1.54, 1.807) is 24.5 Å². The summed E-state index contributed by atoms with van der Waals surface area (Å²) in [5, 5.41) is 1.42. The number of aromatic nitrogens is 1. The zero-order chi connectivity index (χ0) is 18.4. The molecule has 0 radical (unpaired) electrons. The molecule has 1 aliphatic rings. The molecule has 1 amide bonds. The average molecular weight is 360 g/mol. The number of benzene rings is 1. The van der Waals surface area contributed by atoms with Gasteiger partial charge in [0.15, 0.2) is 11.3 Å². The molecule has 1 fully saturated rings. The van der Waals surface area contributed by atoms with Gasteiger partial charge in [0.1, 0.15) is 5.58 Å². The number of likely N-dealkylation sites (tertiary alicyclic amines) is 1. The summed E-state index contributed by atoms with van der Waals surface area (Å²) in [5.74, 6) is 0.0472. The number of hydrogen-bond donors (Lipinski definition) is 0. The molecule has 1 unspecified atom stereocenters. The zero-order valence-corrected chi connectivity index (χ0v) is 14.4. The van der Waals surface area contributed by atoms with Gasteiger partial charge in [-0.15, -0.1) is 0 Å². The standard InChI is InChI=1S/C19H18F2N2O3/c1-10(2)23-9-11(7-16(23)24)12-3-4-15(26-19(20)21)18-17(12)13-8-22-6-5-14(13)25-18/h3-6,8,10-11,19H,7,9H2,1-2H3. The van der Waals surface area contributed by atoms with E-state index < -0.39 is 6.61 Å². The Hall–Kier alpha value is -2.70. The van der Waals surface area contributed by atoms with Crippen LogP contribution in [0.25, 0.3) is 21.9 Å². The fourth-order valence-electron chi connectivity index (χ4n) is 3.69. The molecule has 1 saturated heterocycles. The molecule has 1 atom stereocenters. The summed E-state index contributed by atoms with van der Waals surface area (Å²) in [4.78, 5) is 18.3. The number of hydrogen-bond acceptors (Lipinski definition) is 4. The van der Waals surface area contributed by atoms with Crippen molar-refractivity contribution in [3.05, 3.63) is 36.2 Å². The summed E-state index contributed by atoms with van der Waals surface area (Å²) in [5.41, 5.74) is 1.71. The Kier molecular flexibility index (Phi) is 4.01. The Morgan fingerprint density at radius 3 is 2.81 bits per heavy atom. The lowest BCUT2D eigenvalue weighted by Gasteiger charge is -2.21. The lowest BCUT2D eigenvalue weighted by atomic mass is 9.93. The van der Waals surface area contributed by atoms with Gasteiger partial charge >= 0.3 is 6.61 Å². The van der Waals surface area contributed by atoms with E-state index in [0.717, 1.165) is 10.9 Å². The van der Waals surface area contributed by atoms with Crippen LogP contribution in [0.3, 0.4) is 0 Å². The Bertz CT molecular complexity index is 983. The average Bonchev–Trinajstić information content (AvgIpc) is 3.16. The smallest absolute Gasteiger partial charge is 0.387 e. The van der Waals surface area contributed by atoms with Crippen molar-refractivity contribution < 1.29 is 22.7 Å². The second-order valence-electron chi connectivity index (χ2n) is 6.75. The van der Waals surface area contributed by atoms with Crippen molar-refractivity contribution >= 4 is 27.8 Å². The summed E-state index contributed by atoms with van der Waals surface area (Å²) < 4.78 is 36.0. The van der Waals surface area contributed by atoms with Crippen molar-refractivity contribution in [1.29, 1.82) is 0 Å². The van der Waals surface area contributed by atoms with Crippen LogP contribution in [0.4, 0.5) is 8.78 Å². The first kappa shape index (κ1) is 16.8. The van der Waals surface area contributed by atoms with Gasteiger partial charge in [-0.05, 0) is 31.5 Å². The molecule has 1 aromatic carbocycles. The molecule has 0 aliphatic carbocycles. The predicted octanol–water partition coefficient (Wildman–Crippen LogP) is 4.31. The third-order valence-corrected chi connectivity index (χ3v) is 4.85. The van der Waals surface area contributed by atoms with Crippen molar-refractivity contribution in [2.24, 2.45) is 0 Å². The van der Waals surface area contributed by atoms with Gasteiger partial charge in [0.05, 0.1) is 0 Å². The van der Waals surface area contributed by atoms with Crippen molar-refractivity contribution in [2.45, 2.75) is 38.8 Å². The highest BCUT2D eigenvalue weighted by Gasteiger charge is 2.34. The Labute approximate surface area is 148 Å². The number of alkyl halides is 2. The van der Waals surface area contributed by atoms with E-state index in [1.165, 1.54) is 6.07 Å². The molecule has 3 aromatic rings. The van der Waals surface area contributed by atoms with Gasteiger partial charge in [-0.1, -0.05) is 6.07 Å². The summed E-state index contributed by atoms with van der Waals surface area (Å²) in [7, 11) is 0. The second kappa shape index (κ2) is 6.23. The van der Waals surface area contributed by atoms with Crippen LogP contribution >= 0.6 is 0 Å². The van der Waals surface area contributed by atoms with Gasteiger partial charge in [-0.2, -0.15) is 8.78 Å². The number of furan rings is 1.